The number of carbonyl (C=O) groups excluding carboxylic acids is 1. The Balaban J connectivity index is 2.37. The summed E-state index contributed by atoms with van der Waals surface area (Å²) < 4.78 is 5.16. The summed E-state index contributed by atoms with van der Waals surface area (Å²) in [6.45, 7) is 1.85. The van der Waals surface area contributed by atoms with Crippen LogP contribution in [0, 0.1) is 0 Å². The molecular weight excluding hydrogens is 228 g/mol. The summed E-state index contributed by atoms with van der Waals surface area (Å²) in [6, 6.07) is 7.31. The highest BCUT2D eigenvalue weighted by Crippen LogP contribution is 2.25. The fourth-order valence-corrected chi connectivity index (χ4v) is 1.69. The first-order valence-corrected chi connectivity index (χ1v) is 5.75. The molecule has 18 heavy (non-hydrogen) atoms. The number of Topliss-reactive ketones (excluding diaryl/α,β-unsaturated/α-hetero) is 1. The Labute approximate surface area is 106 Å². The number of carbonyl (C=O) groups is 1. The van der Waals surface area contributed by atoms with E-state index in [4.69, 9.17) is 4.74 Å². The van der Waals surface area contributed by atoms with Gasteiger partial charge < -0.3 is 4.74 Å². The maximum atomic E-state index is 11.5. The molecule has 0 aliphatic rings. The molecule has 0 atom stereocenters. The third-order valence-corrected chi connectivity index (χ3v) is 2.66. The predicted octanol–water partition coefficient (Wildman–Crippen LogP) is 2.74. The van der Waals surface area contributed by atoms with E-state index in [9.17, 15) is 4.79 Å². The number of hydrogen-bond donors (Lipinski definition) is 0. The molecule has 0 aliphatic heterocycles. The first-order chi connectivity index (χ1) is 8.76. The SMILES string of the molecule is CCC(=O)c1ccc(-c2nccnc2OC)cc1. The summed E-state index contributed by atoms with van der Waals surface area (Å²) >= 11 is 0. The summed E-state index contributed by atoms with van der Waals surface area (Å²) in [5, 5.41) is 0. The van der Waals surface area contributed by atoms with Crippen molar-refractivity contribution in [1.82, 2.24) is 9.97 Å². The number of hydrogen-bond acceptors (Lipinski definition) is 4. The quantitative estimate of drug-likeness (QED) is 0.773. The summed E-state index contributed by atoms with van der Waals surface area (Å²) in [5.41, 5.74) is 2.27. The number of aromatic nitrogens is 2. The van der Waals surface area contributed by atoms with Gasteiger partial charge in [-0.05, 0) is 0 Å². The van der Waals surface area contributed by atoms with Gasteiger partial charge in [0.1, 0.15) is 5.69 Å². The third-order valence-electron chi connectivity index (χ3n) is 2.66. The van der Waals surface area contributed by atoms with Crippen molar-refractivity contribution in [2.75, 3.05) is 7.11 Å². The lowest BCUT2D eigenvalue weighted by atomic mass is 10.1. The maximum absolute atomic E-state index is 11.5. The molecular formula is C14H14N2O2. The summed E-state index contributed by atoms with van der Waals surface area (Å²) in [4.78, 5) is 19.9. The molecule has 0 radical (unpaired) electrons. The molecule has 0 spiro atoms. The zero-order valence-corrected chi connectivity index (χ0v) is 10.4. The molecule has 2 rings (SSSR count). The highest BCUT2D eigenvalue weighted by molar-refractivity contribution is 5.96. The molecule has 0 saturated carbocycles. The van der Waals surface area contributed by atoms with Gasteiger partial charge in [0.2, 0.25) is 5.88 Å². The molecule has 0 saturated heterocycles. The number of ether oxygens (including phenoxy) is 1. The summed E-state index contributed by atoms with van der Waals surface area (Å²) in [6.07, 6.45) is 3.70. The van der Waals surface area contributed by atoms with E-state index in [0.29, 0.717) is 23.6 Å². The van der Waals surface area contributed by atoms with Gasteiger partial charge >= 0.3 is 0 Å². The molecule has 0 amide bonds. The third kappa shape index (κ3) is 2.37. The van der Waals surface area contributed by atoms with Crippen molar-refractivity contribution in [2.45, 2.75) is 13.3 Å². The van der Waals surface area contributed by atoms with Crippen molar-refractivity contribution in [2.24, 2.45) is 0 Å². The average Bonchev–Trinajstić information content (AvgIpc) is 2.46. The van der Waals surface area contributed by atoms with Gasteiger partial charge in [-0.1, -0.05) is 31.2 Å². The van der Waals surface area contributed by atoms with E-state index in [-0.39, 0.29) is 5.78 Å². The second-order valence-corrected chi connectivity index (χ2v) is 3.77. The molecule has 0 fully saturated rings. The van der Waals surface area contributed by atoms with Crippen molar-refractivity contribution >= 4 is 5.78 Å². The Bertz CT molecular complexity index is 550. The zero-order valence-electron chi connectivity index (χ0n) is 10.4. The second kappa shape index (κ2) is 5.40. The van der Waals surface area contributed by atoms with Gasteiger partial charge in [-0.3, -0.25) is 4.79 Å². The summed E-state index contributed by atoms with van der Waals surface area (Å²) in [7, 11) is 1.56. The molecule has 1 aromatic heterocycles. The average molecular weight is 242 g/mol. The first kappa shape index (κ1) is 12.2. The maximum Gasteiger partial charge on any atom is 0.240 e. The van der Waals surface area contributed by atoms with Crippen LogP contribution in [0.4, 0.5) is 0 Å². The largest absolute Gasteiger partial charge is 0.479 e. The molecule has 4 heteroatoms. The van der Waals surface area contributed by atoms with Crippen LogP contribution < -0.4 is 4.74 Å². The van der Waals surface area contributed by atoms with Crippen LogP contribution >= 0.6 is 0 Å². The van der Waals surface area contributed by atoms with E-state index in [1.54, 1.807) is 31.6 Å². The van der Waals surface area contributed by atoms with Gasteiger partial charge in [-0.2, -0.15) is 0 Å². The second-order valence-electron chi connectivity index (χ2n) is 3.77. The topological polar surface area (TPSA) is 52.1 Å². The van der Waals surface area contributed by atoms with Gasteiger partial charge in [0.05, 0.1) is 7.11 Å². The Morgan fingerprint density at radius 1 is 1.17 bits per heavy atom. The van der Waals surface area contributed by atoms with E-state index >= 15 is 0 Å². The number of methoxy groups -OCH3 is 1. The molecule has 1 heterocycles. The normalized spacial score (nSPS) is 10.1. The highest BCUT2D eigenvalue weighted by atomic mass is 16.5. The molecule has 92 valence electrons. The number of rotatable bonds is 4. The fraction of sp³-hybridized carbons (Fsp3) is 0.214. The van der Waals surface area contributed by atoms with E-state index in [1.807, 2.05) is 19.1 Å². The Morgan fingerprint density at radius 3 is 2.44 bits per heavy atom. The van der Waals surface area contributed by atoms with Gasteiger partial charge in [0, 0.05) is 29.9 Å². The lowest BCUT2D eigenvalue weighted by Crippen LogP contribution is -1.97. The molecule has 0 bridgehead atoms. The van der Waals surface area contributed by atoms with Crippen molar-refractivity contribution in [3.63, 3.8) is 0 Å². The molecule has 0 unspecified atom stereocenters. The molecule has 0 N–H and O–H groups in total. The lowest BCUT2D eigenvalue weighted by Gasteiger charge is -2.06. The lowest BCUT2D eigenvalue weighted by molar-refractivity contribution is 0.0988. The van der Waals surface area contributed by atoms with Crippen LogP contribution in [0.25, 0.3) is 11.3 Å². The van der Waals surface area contributed by atoms with Gasteiger partial charge in [-0.25, -0.2) is 9.97 Å². The van der Waals surface area contributed by atoms with Crippen LogP contribution in [-0.2, 0) is 0 Å². The van der Waals surface area contributed by atoms with E-state index in [1.165, 1.54) is 0 Å². The van der Waals surface area contributed by atoms with Crippen LogP contribution in [-0.4, -0.2) is 22.9 Å². The number of ketones is 1. The van der Waals surface area contributed by atoms with E-state index in [2.05, 4.69) is 9.97 Å². The van der Waals surface area contributed by atoms with Crippen LogP contribution in [0.2, 0.25) is 0 Å². The molecule has 1 aromatic carbocycles. The predicted molar refractivity (Wildman–Crippen MR) is 68.6 cm³/mol. The Morgan fingerprint density at radius 2 is 1.83 bits per heavy atom. The van der Waals surface area contributed by atoms with E-state index in [0.717, 1.165) is 5.56 Å². The summed E-state index contributed by atoms with van der Waals surface area (Å²) in [5.74, 6) is 0.611. The van der Waals surface area contributed by atoms with Crippen LogP contribution in [0.1, 0.15) is 23.7 Å². The Hall–Kier alpha value is -2.23. The number of nitrogens with zero attached hydrogens (tertiary/aromatic N) is 2. The van der Waals surface area contributed by atoms with Gasteiger partial charge in [0.15, 0.2) is 5.78 Å². The Kier molecular flexibility index (Phi) is 3.67. The standard InChI is InChI=1S/C14H14N2O2/c1-3-12(17)10-4-6-11(7-5-10)13-14(18-2)16-9-8-15-13/h4-9H,3H2,1-2H3. The first-order valence-electron chi connectivity index (χ1n) is 5.75. The molecule has 4 nitrogen and oxygen atoms in total. The van der Waals surface area contributed by atoms with Crippen molar-refractivity contribution < 1.29 is 9.53 Å². The monoisotopic (exact) mass is 242 g/mol. The van der Waals surface area contributed by atoms with Crippen LogP contribution in [0.5, 0.6) is 5.88 Å². The smallest absolute Gasteiger partial charge is 0.240 e. The van der Waals surface area contributed by atoms with Gasteiger partial charge in [-0.15, -0.1) is 0 Å². The minimum atomic E-state index is 0.132. The highest BCUT2D eigenvalue weighted by Gasteiger charge is 2.09. The van der Waals surface area contributed by atoms with Crippen molar-refractivity contribution in [3.05, 3.63) is 42.2 Å². The zero-order chi connectivity index (χ0) is 13.0. The number of benzene rings is 1. The van der Waals surface area contributed by atoms with Crippen molar-refractivity contribution in [3.8, 4) is 17.1 Å². The van der Waals surface area contributed by atoms with Crippen molar-refractivity contribution in [1.29, 1.82) is 0 Å². The molecule has 2 aromatic rings. The van der Waals surface area contributed by atoms with Crippen LogP contribution in [0.3, 0.4) is 0 Å². The van der Waals surface area contributed by atoms with Crippen LogP contribution in [0.15, 0.2) is 36.7 Å². The minimum absolute atomic E-state index is 0.132. The fourth-order valence-electron chi connectivity index (χ4n) is 1.69. The molecule has 0 aliphatic carbocycles. The minimum Gasteiger partial charge on any atom is -0.479 e. The van der Waals surface area contributed by atoms with Gasteiger partial charge in [0.25, 0.3) is 0 Å². The van der Waals surface area contributed by atoms with E-state index < -0.39 is 0 Å².